The van der Waals surface area contributed by atoms with Crippen molar-refractivity contribution in [3.63, 3.8) is 0 Å². The molecule has 0 aliphatic carbocycles. The van der Waals surface area contributed by atoms with E-state index < -0.39 is 56.1 Å². The number of carbonyl (C=O) groups is 2. The fourth-order valence-electron chi connectivity index (χ4n) is 4.05. The molecule has 2 saturated heterocycles. The number of carbonyl (C=O) groups excluding carboxylic acids is 2. The zero-order chi connectivity index (χ0) is 24.8. The second-order valence-corrected chi connectivity index (χ2v) is 9.79. The molecule has 2 heterocycles. The van der Waals surface area contributed by atoms with Gasteiger partial charge < -0.3 is 0 Å². The molecule has 2 amide bonds. The van der Waals surface area contributed by atoms with Crippen molar-refractivity contribution in [1.29, 1.82) is 0 Å². The van der Waals surface area contributed by atoms with E-state index in [9.17, 15) is 40.0 Å². The van der Waals surface area contributed by atoms with Gasteiger partial charge in [-0.25, -0.2) is 22.1 Å². The molecule has 0 spiro atoms. The summed E-state index contributed by atoms with van der Waals surface area (Å²) in [6.45, 7) is -0.188. The van der Waals surface area contributed by atoms with Gasteiger partial charge in [-0.15, -0.1) is 0 Å². The van der Waals surface area contributed by atoms with Crippen LogP contribution in [-0.2, 0) is 25.8 Å². The highest BCUT2D eigenvalue weighted by Crippen LogP contribution is 2.32. The predicted molar refractivity (Wildman–Crippen MR) is 109 cm³/mol. The zero-order valence-electron chi connectivity index (χ0n) is 17.4. The maximum absolute atomic E-state index is 14.1. The van der Waals surface area contributed by atoms with Gasteiger partial charge in [-0.05, 0) is 30.3 Å². The fourth-order valence-corrected chi connectivity index (χ4v) is 5.52. The third kappa shape index (κ3) is 4.42. The van der Waals surface area contributed by atoms with Gasteiger partial charge in [0.15, 0.2) is 0 Å². The van der Waals surface area contributed by atoms with E-state index in [-0.39, 0.29) is 38.3 Å². The summed E-state index contributed by atoms with van der Waals surface area (Å²) in [6, 6.07) is 4.93. The monoisotopic (exact) mass is 503 g/mol. The van der Waals surface area contributed by atoms with Crippen LogP contribution in [0.3, 0.4) is 0 Å². The molecule has 0 saturated carbocycles. The Kier molecular flexibility index (Phi) is 6.21. The minimum atomic E-state index is -4.70. The second kappa shape index (κ2) is 8.71. The number of rotatable bonds is 4. The van der Waals surface area contributed by atoms with Crippen molar-refractivity contribution in [3.05, 3.63) is 59.7 Å². The molecule has 2 aromatic rings. The van der Waals surface area contributed by atoms with Gasteiger partial charge in [-0.3, -0.25) is 14.5 Å². The van der Waals surface area contributed by atoms with Gasteiger partial charge in [0.05, 0.1) is 28.6 Å². The van der Waals surface area contributed by atoms with Crippen molar-refractivity contribution >= 4 is 27.5 Å². The quantitative estimate of drug-likeness (QED) is 0.474. The van der Waals surface area contributed by atoms with Crippen LogP contribution in [0.5, 0.6) is 0 Å². The van der Waals surface area contributed by atoms with Crippen LogP contribution in [0.15, 0.2) is 47.4 Å². The lowest BCUT2D eigenvalue weighted by Gasteiger charge is -2.36. The van der Waals surface area contributed by atoms with E-state index in [1.807, 2.05) is 0 Å². The molecule has 0 bridgehead atoms. The van der Waals surface area contributed by atoms with E-state index in [1.165, 1.54) is 0 Å². The number of benzene rings is 2. The highest BCUT2D eigenvalue weighted by Gasteiger charge is 2.45. The normalized spacial score (nSPS) is 20.9. The number of halogens is 5. The van der Waals surface area contributed by atoms with Gasteiger partial charge in [0.1, 0.15) is 11.6 Å². The number of nitrogens with zero attached hydrogens (tertiary/aromatic N) is 3. The number of piperazine rings is 1. The highest BCUT2D eigenvalue weighted by molar-refractivity contribution is 7.89. The molecule has 4 rings (SSSR count). The minimum Gasteiger partial charge on any atom is -0.289 e. The van der Waals surface area contributed by atoms with Crippen molar-refractivity contribution in [3.8, 4) is 0 Å². The van der Waals surface area contributed by atoms with Crippen LogP contribution in [0.4, 0.5) is 27.6 Å². The number of anilines is 1. The molecular formula is C21H18F5N3O4S. The number of imide groups is 1. The van der Waals surface area contributed by atoms with Crippen LogP contribution in [0.1, 0.15) is 12.0 Å². The molecule has 182 valence electrons. The molecule has 2 aliphatic heterocycles. The number of hydrogen-bond acceptors (Lipinski definition) is 5. The maximum atomic E-state index is 14.1. The molecule has 2 aliphatic rings. The molecule has 0 aromatic heterocycles. The largest absolute Gasteiger partial charge is 0.416 e. The first-order chi connectivity index (χ1) is 15.9. The summed E-state index contributed by atoms with van der Waals surface area (Å²) in [4.78, 5) is 27.0. The van der Waals surface area contributed by atoms with E-state index in [2.05, 4.69) is 0 Å². The van der Waals surface area contributed by atoms with E-state index in [4.69, 9.17) is 0 Å². The van der Waals surface area contributed by atoms with E-state index >= 15 is 0 Å². The summed E-state index contributed by atoms with van der Waals surface area (Å²) in [5.74, 6) is -3.33. The number of hydrogen-bond donors (Lipinski definition) is 0. The molecular weight excluding hydrogens is 485 g/mol. The van der Waals surface area contributed by atoms with E-state index in [0.29, 0.717) is 17.0 Å². The maximum Gasteiger partial charge on any atom is 0.416 e. The lowest BCUT2D eigenvalue weighted by molar-refractivity contribution is -0.137. The Labute approximate surface area is 191 Å². The van der Waals surface area contributed by atoms with E-state index in [0.717, 1.165) is 34.6 Å². The van der Waals surface area contributed by atoms with Crippen LogP contribution < -0.4 is 4.90 Å². The average Bonchev–Trinajstić information content (AvgIpc) is 3.07. The first-order valence-corrected chi connectivity index (χ1v) is 11.6. The Hall–Kier alpha value is -2.90. The van der Waals surface area contributed by atoms with Gasteiger partial charge >= 0.3 is 6.18 Å². The third-order valence-electron chi connectivity index (χ3n) is 5.79. The van der Waals surface area contributed by atoms with Gasteiger partial charge in [0.2, 0.25) is 15.9 Å². The summed E-state index contributed by atoms with van der Waals surface area (Å²) < 4.78 is 92.9. The van der Waals surface area contributed by atoms with Gasteiger partial charge in [0, 0.05) is 32.2 Å². The van der Waals surface area contributed by atoms with Gasteiger partial charge in [-0.1, -0.05) is 6.07 Å². The number of sulfonamides is 1. The van der Waals surface area contributed by atoms with Crippen molar-refractivity contribution in [2.24, 2.45) is 0 Å². The summed E-state index contributed by atoms with van der Waals surface area (Å²) in [5.41, 5.74) is -1.46. The molecule has 34 heavy (non-hydrogen) atoms. The van der Waals surface area contributed by atoms with Crippen LogP contribution >= 0.6 is 0 Å². The number of alkyl halides is 3. The van der Waals surface area contributed by atoms with Gasteiger partial charge in [0.25, 0.3) is 5.91 Å². The lowest BCUT2D eigenvalue weighted by Crippen LogP contribution is -2.53. The standard InChI is InChI=1S/C21H18F5N3O4S/c22-14-4-5-17(16(23)11-14)29-19(30)12-18(20(29)31)27-6-8-28(9-7-27)34(32,33)15-3-1-2-13(10-15)21(24,25)26/h1-5,10-11,18H,6-9,12H2/t18-/m1/s1. The van der Waals surface area contributed by atoms with Crippen molar-refractivity contribution < 1.29 is 40.0 Å². The summed E-state index contributed by atoms with van der Waals surface area (Å²) in [5, 5.41) is 0. The van der Waals surface area contributed by atoms with Gasteiger partial charge in [-0.2, -0.15) is 17.5 Å². The molecule has 0 radical (unpaired) electrons. The van der Waals surface area contributed by atoms with Crippen LogP contribution in [0.25, 0.3) is 0 Å². The van der Waals surface area contributed by atoms with Crippen molar-refractivity contribution in [1.82, 2.24) is 9.21 Å². The first-order valence-electron chi connectivity index (χ1n) is 10.1. The average molecular weight is 503 g/mol. The predicted octanol–water partition coefficient (Wildman–Crippen LogP) is 2.62. The Bertz CT molecular complexity index is 1240. The molecule has 0 N–H and O–H groups in total. The SMILES string of the molecule is O=C1C[C@@H](N2CCN(S(=O)(=O)c3cccc(C(F)(F)F)c3)CC2)C(=O)N1c1ccc(F)cc1F. The minimum absolute atomic E-state index is 0.0294. The summed E-state index contributed by atoms with van der Waals surface area (Å²) in [6.07, 6.45) is -4.97. The molecule has 2 fully saturated rings. The van der Waals surface area contributed by atoms with Crippen LogP contribution in [-0.4, -0.2) is 61.7 Å². The third-order valence-corrected chi connectivity index (χ3v) is 7.68. The topological polar surface area (TPSA) is 78.0 Å². The number of amides is 2. The van der Waals surface area contributed by atoms with Crippen LogP contribution in [0.2, 0.25) is 0 Å². The van der Waals surface area contributed by atoms with Crippen molar-refractivity contribution in [2.45, 2.75) is 23.5 Å². The summed E-state index contributed by atoms with van der Waals surface area (Å²) >= 11 is 0. The molecule has 13 heteroatoms. The highest BCUT2D eigenvalue weighted by atomic mass is 32.2. The molecule has 2 aromatic carbocycles. The second-order valence-electron chi connectivity index (χ2n) is 7.85. The molecule has 1 atom stereocenters. The Morgan fingerprint density at radius 3 is 2.21 bits per heavy atom. The van der Waals surface area contributed by atoms with Crippen LogP contribution in [0, 0.1) is 11.6 Å². The van der Waals surface area contributed by atoms with Crippen molar-refractivity contribution in [2.75, 3.05) is 31.1 Å². The fraction of sp³-hybridized carbons (Fsp3) is 0.333. The Morgan fingerprint density at radius 1 is 0.912 bits per heavy atom. The lowest BCUT2D eigenvalue weighted by atomic mass is 10.2. The van der Waals surface area contributed by atoms with E-state index in [1.54, 1.807) is 4.90 Å². The molecule has 0 unspecified atom stereocenters. The smallest absolute Gasteiger partial charge is 0.289 e. The zero-order valence-corrected chi connectivity index (χ0v) is 18.2. The molecule has 7 nitrogen and oxygen atoms in total. The first kappa shape index (κ1) is 24.2. The Balaban J connectivity index is 1.47. The Morgan fingerprint density at radius 2 is 1.59 bits per heavy atom. The summed E-state index contributed by atoms with van der Waals surface area (Å²) in [7, 11) is -4.22.